The zero-order valence-electron chi connectivity index (χ0n) is 20.5. The number of pyridine rings is 1. The molecule has 5 nitrogen and oxygen atoms in total. The summed E-state index contributed by atoms with van der Waals surface area (Å²) in [4.78, 5) is 22.3. The van der Waals surface area contributed by atoms with Gasteiger partial charge >= 0.3 is 0 Å². The summed E-state index contributed by atoms with van der Waals surface area (Å²) in [5.74, 6) is 2.05. The molecule has 1 aromatic heterocycles. The molecule has 1 amide bonds. The van der Waals surface area contributed by atoms with Crippen LogP contribution in [0.2, 0.25) is 0 Å². The van der Waals surface area contributed by atoms with Gasteiger partial charge in [0.2, 0.25) is 5.91 Å². The number of carbonyl (C=O) groups is 1. The summed E-state index contributed by atoms with van der Waals surface area (Å²) in [5, 5.41) is 0. The van der Waals surface area contributed by atoms with Gasteiger partial charge in [-0.25, -0.2) is 0 Å². The number of likely N-dealkylation sites (tertiary alicyclic amines) is 1. The van der Waals surface area contributed by atoms with Gasteiger partial charge in [-0.2, -0.15) is 0 Å². The largest absolute Gasteiger partial charge is 0.497 e. The minimum atomic E-state index is 0.0384. The maximum absolute atomic E-state index is 13.3. The van der Waals surface area contributed by atoms with E-state index in [9.17, 15) is 4.79 Å². The molecule has 178 valence electrons. The number of nitrogens with zero attached hydrogens (tertiary/aromatic N) is 3. The third kappa shape index (κ3) is 5.94. The number of hydrogen-bond donors (Lipinski definition) is 0. The van der Waals surface area contributed by atoms with E-state index in [2.05, 4.69) is 45.1 Å². The van der Waals surface area contributed by atoms with Crippen LogP contribution < -0.4 is 4.74 Å². The average Bonchev–Trinajstić information content (AvgIpc) is 3.25. The van der Waals surface area contributed by atoms with Gasteiger partial charge in [0.05, 0.1) is 7.11 Å². The zero-order valence-corrected chi connectivity index (χ0v) is 20.5. The topological polar surface area (TPSA) is 45.7 Å². The Morgan fingerprint density at radius 2 is 1.88 bits per heavy atom. The molecule has 0 spiro atoms. The van der Waals surface area contributed by atoms with Crippen LogP contribution in [-0.2, 0) is 11.3 Å². The number of amides is 1. The smallest absolute Gasteiger partial charge is 0.225 e. The van der Waals surface area contributed by atoms with Crippen molar-refractivity contribution in [3.63, 3.8) is 0 Å². The predicted molar refractivity (Wildman–Crippen MR) is 132 cm³/mol. The number of carbonyl (C=O) groups excluding carboxylic acids is 1. The van der Waals surface area contributed by atoms with Gasteiger partial charge in [0.25, 0.3) is 0 Å². The molecule has 4 rings (SSSR count). The lowest BCUT2D eigenvalue weighted by Crippen LogP contribution is -2.47. The molecular weight excluding hydrogens is 410 g/mol. The van der Waals surface area contributed by atoms with Crippen molar-refractivity contribution in [2.45, 2.75) is 64.5 Å². The van der Waals surface area contributed by atoms with Crippen molar-refractivity contribution >= 4 is 5.91 Å². The first-order valence-corrected chi connectivity index (χ1v) is 12.6. The van der Waals surface area contributed by atoms with E-state index < -0.39 is 0 Å². The third-order valence-electron chi connectivity index (χ3n) is 7.42. The van der Waals surface area contributed by atoms with Crippen LogP contribution in [0.3, 0.4) is 0 Å². The SMILES string of the molecule is COc1cccc(C2CN(Cc3ccncc3)CC2CN(C(=O)C(C)C)C2CCCCC2)c1. The Kier molecular flexibility index (Phi) is 8.02. The standard InChI is InChI=1S/C28H39N3O2/c1-21(2)28(32)31(25-9-5-4-6-10-25)19-24-18-30(17-22-12-14-29-15-13-22)20-27(24)23-8-7-11-26(16-23)33-3/h7-8,11-16,21,24-25,27H,4-6,9-10,17-20H2,1-3H3. The molecule has 1 aromatic carbocycles. The fraction of sp³-hybridized carbons (Fsp3) is 0.571. The number of benzene rings is 1. The van der Waals surface area contributed by atoms with Gasteiger partial charge < -0.3 is 9.64 Å². The molecule has 2 fully saturated rings. The maximum Gasteiger partial charge on any atom is 0.225 e. The highest BCUT2D eigenvalue weighted by molar-refractivity contribution is 5.78. The van der Waals surface area contributed by atoms with Crippen LogP contribution in [0.15, 0.2) is 48.8 Å². The normalized spacial score (nSPS) is 21.9. The molecular formula is C28H39N3O2. The summed E-state index contributed by atoms with van der Waals surface area (Å²) in [5.41, 5.74) is 2.61. The van der Waals surface area contributed by atoms with Crippen molar-refractivity contribution in [3.05, 3.63) is 59.9 Å². The lowest BCUT2D eigenvalue weighted by molar-refractivity contribution is -0.138. The summed E-state index contributed by atoms with van der Waals surface area (Å²) < 4.78 is 5.53. The minimum absolute atomic E-state index is 0.0384. The Labute approximate surface area is 199 Å². The average molecular weight is 450 g/mol. The van der Waals surface area contributed by atoms with E-state index in [4.69, 9.17) is 4.74 Å². The summed E-state index contributed by atoms with van der Waals surface area (Å²) >= 11 is 0. The van der Waals surface area contributed by atoms with E-state index in [0.29, 0.717) is 23.8 Å². The van der Waals surface area contributed by atoms with Crippen LogP contribution in [0, 0.1) is 11.8 Å². The van der Waals surface area contributed by atoms with Crippen molar-refractivity contribution in [3.8, 4) is 5.75 Å². The van der Waals surface area contributed by atoms with E-state index in [0.717, 1.165) is 44.8 Å². The fourth-order valence-corrected chi connectivity index (χ4v) is 5.67. The van der Waals surface area contributed by atoms with Crippen molar-refractivity contribution in [1.82, 2.24) is 14.8 Å². The van der Waals surface area contributed by atoms with E-state index >= 15 is 0 Å². The quantitative estimate of drug-likeness (QED) is 0.561. The lowest BCUT2D eigenvalue weighted by Gasteiger charge is -2.38. The lowest BCUT2D eigenvalue weighted by atomic mass is 9.86. The molecule has 0 radical (unpaired) electrons. The number of methoxy groups -OCH3 is 1. The molecule has 1 saturated carbocycles. The first kappa shape index (κ1) is 23.7. The van der Waals surface area contributed by atoms with Crippen molar-refractivity contribution < 1.29 is 9.53 Å². The second-order valence-corrected chi connectivity index (χ2v) is 10.1. The summed E-state index contributed by atoms with van der Waals surface area (Å²) in [6.45, 7) is 7.84. The van der Waals surface area contributed by atoms with E-state index in [1.54, 1.807) is 7.11 Å². The van der Waals surface area contributed by atoms with Crippen molar-refractivity contribution in [2.75, 3.05) is 26.7 Å². The molecule has 2 unspecified atom stereocenters. The van der Waals surface area contributed by atoms with Gasteiger partial charge in [0.1, 0.15) is 5.75 Å². The molecule has 0 bridgehead atoms. The van der Waals surface area contributed by atoms with Gasteiger partial charge in [0, 0.05) is 56.5 Å². The van der Waals surface area contributed by atoms with Crippen LogP contribution in [0.1, 0.15) is 63.0 Å². The van der Waals surface area contributed by atoms with Gasteiger partial charge in [0.15, 0.2) is 0 Å². The first-order valence-electron chi connectivity index (χ1n) is 12.6. The molecule has 2 atom stereocenters. The van der Waals surface area contributed by atoms with E-state index in [-0.39, 0.29) is 5.92 Å². The predicted octanol–water partition coefficient (Wildman–Crippen LogP) is 5.12. The van der Waals surface area contributed by atoms with Crippen LogP contribution in [-0.4, -0.2) is 53.5 Å². The monoisotopic (exact) mass is 449 g/mol. The Hall–Kier alpha value is -2.40. The second-order valence-electron chi connectivity index (χ2n) is 10.1. The van der Waals surface area contributed by atoms with Crippen molar-refractivity contribution in [2.24, 2.45) is 11.8 Å². The Bertz CT molecular complexity index is 895. The van der Waals surface area contributed by atoms with Crippen LogP contribution >= 0.6 is 0 Å². The van der Waals surface area contributed by atoms with E-state index in [1.165, 1.54) is 30.4 Å². The Morgan fingerprint density at radius 1 is 1.12 bits per heavy atom. The number of rotatable bonds is 8. The molecule has 0 N–H and O–H groups in total. The van der Waals surface area contributed by atoms with Crippen LogP contribution in [0.4, 0.5) is 0 Å². The van der Waals surface area contributed by atoms with Gasteiger partial charge in [-0.3, -0.25) is 14.7 Å². The highest BCUT2D eigenvalue weighted by Crippen LogP contribution is 2.37. The molecule has 33 heavy (non-hydrogen) atoms. The third-order valence-corrected chi connectivity index (χ3v) is 7.42. The molecule has 2 aromatic rings. The molecule has 1 aliphatic heterocycles. The Morgan fingerprint density at radius 3 is 2.58 bits per heavy atom. The molecule has 1 saturated heterocycles. The maximum atomic E-state index is 13.3. The summed E-state index contributed by atoms with van der Waals surface area (Å²) in [7, 11) is 1.73. The van der Waals surface area contributed by atoms with Gasteiger partial charge in [-0.15, -0.1) is 0 Å². The first-order chi connectivity index (χ1) is 16.0. The Balaban J connectivity index is 1.58. The van der Waals surface area contributed by atoms with Crippen LogP contribution in [0.25, 0.3) is 0 Å². The highest BCUT2D eigenvalue weighted by Gasteiger charge is 2.38. The fourth-order valence-electron chi connectivity index (χ4n) is 5.67. The summed E-state index contributed by atoms with van der Waals surface area (Å²) in [6, 6.07) is 13.1. The minimum Gasteiger partial charge on any atom is -0.497 e. The zero-order chi connectivity index (χ0) is 23.2. The number of ether oxygens (including phenoxy) is 1. The van der Waals surface area contributed by atoms with Gasteiger partial charge in [-0.05, 0) is 54.2 Å². The molecule has 1 aliphatic carbocycles. The molecule has 2 aliphatic rings. The van der Waals surface area contributed by atoms with Crippen molar-refractivity contribution in [1.29, 1.82) is 0 Å². The number of hydrogen-bond acceptors (Lipinski definition) is 4. The number of aromatic nitrogens is 1. The van der Waals surface area contributed by atoms with Crippen LogP contribution in [0.5, 0.6) is 5.75 Å². The van der Waals surface area contributed by atoms with E-state index in [1.807, 2.05) is 32.3 Å². The summed E-state index contributed by atoms with van der Waals surface area (Å²) in [6.07, 6.45) is 9.82. The highest BCUT2D eigenvalue weighted by atomic mass is 16.5. The van der Waals surface area contributed by atoms with Gasteiger partial charge in [-0.1, -0.05) is 45.2 Å². The second kappa shape index (κ2) is 11.1. The molecule has 5 heteroatoms. The molecule has 2 heterocycles.